The summed E-state index contributed by atoms with van der Waals surface area (Å²) in [5.41, 5.74) is 8.38. The minimum absolute atomic E-state index is 0.0346. The van der Waals surface area contributed by atoms with E-state index in [0.717, 1.165) is 25.9 Å². The number of fused-ring (bicyclic) bond motifs is 10. The van der Waals surface area contributed by atoms with Gasteiger partial charge in [0.2, 0.25) is 17.7 Å². The lowest BCUT2D eigenvalue weighted by molar-refractivity contribution is -0.154. The second-order valence-electron chi connectivity index (χ2n) is 18.0. The van der Waals surface area contributed by atoms with Gasteiger partial charge in [0.1, 0.15) is 31.5 Å². The fourth-order valence-corrected chi connectivity index (χ4v) is 9.87. The summed E-state index contributed by atoms with van der Waals surface area (Å²) in [7, 11) is 3.14. The first-order chi connectivity index (χ1) is 31.9. The van der Waals surface area contributed by atoms with Crippen LogP contribution in [-0.2, 0) is 60.6 Å². The number of ether oxygens (including phenoxy) is 4. The van der Waals surface area contributed by atoms with Gasteiger partial charge in [0.25, 0.3) is 5.91 Å². The van der Waals surface area contributed by atoms with Crippen molar-refractivity contribution in [3.63, 3.8) is 0 Å². The Labute approximate surface area is 386 Å². The van der Waals surface area contributed by atoms with Gasteiger partial charge in [-0.25, -0.2) is 0 Å². The van der Waals surface area contributed by atoms with E-state index in [0.29, 0.717) is 26.2 Å². The van der Waals surface area contributed by atoms with Crippen LogP contribution in [0.1, 0.15) is 30.9 Å². The van der Waals surface area contributed by atoms with Crippen molar-refractivity contribution in [2.45, 2.75) is 81.2 Å². The minimum atomic E-state index is -1.28. The number of benzene rings is 2. The van der Waals surface area contributed by atoms with Crippen molar-refractivity contribution in [2.24, 2.45) is 17.6 Å². The molecule has 19 heteroatoms. The predicted molar refractivity (Wildman–Crippen MR) is 241 cm³/mol. The van der Waals surface area contributed by atoms with Gasteiger partial charge in [0.15, 0.2) is 0 Å². The fourth-order valence-electron chi connectivity index (χ4n) is 9.87. The van der Waals surface area contributed by atoms with Crippen LogP contribution >= 0.6 is 0 Å². The highest BCUT2D eigenvalue weighted by Gasteiger charge is 2.52. The topological polar surface area (TPSA) is 226 Å². The molecule has 6 N–H and O–H groups in total. The number of nitrogens with zero attached hydrogens (tertiary/aromatic N) is 4. The molecule has 4 amide bonds. The van der Waals surface area contributed by atoms with Gasteiger partial charge in [0.05, 0.1) is 56.4 Å². The lowest BCUT2D eigenvalue weighted by Crippen LogP contribution is -2.58. The summed E-state index contributed by atoms with van der Waals surface area (Å²) >= 11 is 0. The molecular weight excluding hydrogens is 851 g/mol. The molecule has 0 aliphatic carbocycles. The van der Waals surface area contributed by atoms with Crippen LogP contribution in [0.25, 0.3) is 0 Å². The Morgan fingerprint density at radius 3 is 1.50 bits per heavy atom. The molecule has 5 aliphatic rings. The van der Waals surface area contributed by atoms with E-state index in [-0.39, 0.29) is 62.4 Å². The average molecular weight is 918 g/mol. The van der Waals surface area contributed by atoms with Gasteiger partial charge in [-0.05, 0) is 45.0 Å². The number of hydrogen-bond acceptors (Lipinski definition) is 15. The molecule has 4 bridgehead atoms. The summed E-state index contributed by atoms with van der Waals surface area (Å²) in [5.74, 6) is -3.62. The molecule has 10 atom stereocenters. The smallest absolute Gasteiger partial charge is 0.306 e. The molecular formula is C47H67N9O10. The second-order valence-corrected chi connectivity index (χ2v) is 18.0. The zero-order valence-corrected chi connectivity index (χ0v) is 38.3. The van der Waals surface area contributed by atoms with E-state index in [1.807, 2.05) is 36.4 Å². The van der Waals surface area contributed by atoms with Crippen molar-refractivity contribution in [3.8, 4) is 0 Å². The van der Waals surface area contributed by atoms with E-state index in [2.05, 4.69) is 55.3 Å². The Bertz CT molecular complexity index is 1840. The van der Waals surface area contributed by atoms with E-state index >= 15 is 0 Å². The van der Waals surface area contributed by atoms with E-state index in [9.17, 15) is 28.8 Å². The number of nitrogens with two attached hydrogens (primary N) is 1. The minimum Gasteiger partial charge on any atom is -0.463 e. The van der Waals surface area contributed by atoms with Crippen molar-refractivity contribution in [1.82, 2.24) is 40.9 Å². The third-order valence-electron chi connectivity index (χ3n) is 13.8. The van der Waals surface area contributed by atoms with Crippen molar-refractivity contribution in [1.29, 1.82) is 0 Å². The number of likely N-dealkylation sites (tertiary alicyclic amines) is 2. The molecule has 5 saturated heterocycles. The van der Waals surface area contributed by atoms with Gasteiger partial charge in [-0.1, -0.05) is 60.7 Å². The molecule has 0 aromatic heterocycles. The Hall–Kier alpha value is -5.02. The van der Waals surface area contributed by atoms with E-state index in [1.165, 1.54) is 18.2 Å². The number of likely N-dealkylation sites (N-methyl/N-ethyl adjacent to an activating group) is 2. The second kappa shape index (κ2) is 23.1. The summed E-state index contributed by atoms with van der Waals surface area (Å²) in [6, 6.07) is 16.8. The highest BCUT2D eigenvalue weighted by atomic mass is 16.5. The van der Waals surface area contributed by atoms with Crippen LogP contribution in [0.2, 0.25) is 0 Å². The van der Waals surface area contributed by atoms with Gasteiger partial charge in [0, 0.05) is 64.2 Å². The van der Waals surface area contributed by atoms with Gasteiger partial charge in [-0.15, -0.1) is 0 Å². The lowest BCUT2D eigenvalue weighted by atomic mass is 10.0. The Balaban J connectivity index is 1.12. The van der Waals surface area contributed by atoms with Gasteiger partial charge in [-0.2, -0.15) is 0 Å². The Morgan fingerprint density at radius 1 is 0.636 bits per heavy atom. The van der Waals surface area contributed by atoms with Crippen molar-refractivity contribution in [2.75, 3.05) is 92.9 Å². The Morgan fingerprint density at radius 2 is 1.08 bits per heavy atom. The first kappa shape index (κ1) is 48.9. The number of esters is 2. The molecule has 5 aliphatic heterocycles. The average Bonchev–Trinajstić information content (AvgIpc) is 4.11. The molecule has 66 heavy (non-hydrogen) atoms. The summed E-state index contributed by atoms with van der Waals surface area (Å²) < 4.78 is 24.3. The molecule has 5 fully saturated rings. The molecule has 360 valence electrons. The maximum atomic E-state index is 14.6. The van der Waals surface area contributed by atoms with Crippen LogP contribution in [-0.4, -0.2) is 197 Å². The number of carbonyl (C=O) groups excluding carboxylic acids is 6. The van der Waals surface area contributed by atoms with E-state index < -0.39 is 85.9 Å². The highest BCUT2D eigenvalue weighted by Crippen LogP contribution is 2.36. The SMILES string of the molecule is CN[C@@H](C)C(=O)NC1COC(=O)CCC(=O)OC[C@H](NC(=O)[C@H](N)NC)C(=O)N2C[C@@H](OCCO[C@@H]3CN(C1=O)C1CN(CCc4ccccc4)C[C@@H]13)C1CN(CCc3ccccc3)C[C@H]12. The first-order valence-corrected chi connectivity index (χ1v) is 23.3. The van der Waals surface area contributed by atoms with Gasteiger partial charge in [-0.3, -0.25) is 34.1 Å². The van der Waals surface area contributed by atoms with E-state index in [4.69, 9.17) is 24.7 Å². The lowest BCUT2D eigenvalue weighted by Gasteiger charge is -2.30. The van der Waals surface area contributed by atoms with Crippen LogP contribution in [0.5, 0.6) is 0 Å². The third kappa shape index (κ3) is 12.3. The van der Waals surface area contributed by atoms with Crippen LogP contribution in [0, 0.1) is 11.8 Å². The van der Waals surface area contributed by atoms with Crippen LogP contribution < -0.4 is 27.0 Å². The number of rotatable bonds is 12. The van der Waals surface area contributed by atoms with E-state index in [1.54, 1.807) is 23.8 Å². The number of amides is 4. The molecule has 5 heterocycles. The van der Waals surface area contributed by atoms with Crippen LogP contribution in [0.4, 0.5) is 0 Å². The monoisotopic (exact) mass is 918 g/mol. The van der Waals surface area contributed by atoms with Crippen LogP contribution in [0.15, 0.2) is 60.7 Å². The summed E-state index contributed by atoms with van der Waals surface area (Å²) in [6.45, 7) is 5.79. The molecule has 2 aromatic carbocycles. The Kier molecular flexibility index (Phi) is 17.1. The molecule has 0 radical (unpaired) electrons. The number of nitrogens with one attached hydrogen (secondary N) is 4. The first-order valence-electron chi connectivity index (χ1n) is 23.3. The third-order valence-corrected chi connectivity index (χ3v) is 13.8. The quantitative estimate of drug-likeness (QED) is 0.121. The maximum absolute atomic E-state index is 14.6. The van der Waals surface area contributed by atoms with Crippen molar-refractivity contribution >= 4 is 35.6 Å². The fraction of sp³-hybridized carbons (Fsp3) is 0.617. The molecule has 2 aromatic rings. The molecule has 0 spiro atoms. The zero-order chi connectivity index (χ0) is 46.7. The standard InChI is InChI=1S/C47H67N9O10/c1-30(49-2)44(59)51-35-28-65-41(57)14-15-42(58)66-29-36(52-45(60)43(48)50-3)47(62)56-27-40(34-23-54(25-38(34)56)19-17-32-12-8-5-9-13-32)64-21-20-63-39-26-55(46(35)61)37-24-53(22-33(37)39)18-16-31-10-6-4-7-11-31/h4-13,30,33-40,43,49-50H,14-29,48H2,1-3H3,(H,51,59)(H,52,60)/t30-,33-,34?,35?,36-,37?,38+,39+,40+,43+/m0/s1. The van der Waals surface area contributed by atoms with Gasteiger partial charge >= 0.3 is 11.9 Å². The zero-order valence-electron chi connectivity index (χ0n) is 38.3. The highest BCUT2D eigenvalue weighted by molar-refractivity contribution is 5.91. The van der Waals surface area contributed by atoms with Gasteiger partial charge < -0.3 is 60.2 Å². The summed E-state index contributed by atoms with van der Waals surface area (Å²) in [4.78, 5) is 89.8. The van der Waals surface area contributed by atoms with Crippen molar-refractivity contribution < 1.29 is 47.7 Å². The molecule has 7 rings (SSSR count). The van der Waals surface area contributed by atoms with Crippen LogP contribution in [0.3, 0.4) is 0 Å². The number of cyclic esters (lactones) is 2. The number of hydrogen-bond donors (Lipinski definition) is 5. The number of carbonyl (C=O) groups is 6. The maximum Gasteiger partial charge on any atom is 0.306 e. The van der Waals surface area contributed by atoms with Crippen molar-refractivity contribution in [3.05, 3.63) is 71.8 Å². The normalized spacial score (nSPS) is 29.2. The predicted octanol–water partition coefficient (Wildman–Crippen LogP) is -1.51. The molecule has 3 unspecified atom stereocenters. The largest absolute Gasteiger partial charge is 0.463 e. The summed E-state index contributed by atoms with van der Waals surface area (Å²) in [6.07, 6.45) is -0.972. The summed E-state index contributed by atoms with van der Waals surface area (Å²) in [5, 5.41) is 11.0. The molecule has 19 nitrogen and oxygen atoms in total. The molecule has 0 saturated carbocycles.